The van der Waals surface area contributed by atoms with Crippen LogP contribution in [0.1, 0.15) is 27.7 Å². The van der Waals surface area contributed by atoms with Gasteiger partial charge in [0.05, 0.1) is 6.61 Å². The zero-order chi connectivity index (χ0) is 14.4. The number of carbonyl (C=O) groups is 1. The molecule has 0 amide bonds. The van der Waals surface area contributed by atoms with Crippen molar-refractivity contribution in [2.24, 2.45) is 0 Å². The minimum absolute atomic E-state index is 0.181. The molecule has 0 spiro atoms. The summed E-state index contributed by atoms with van der Waals surface area (Å²) in [7, 11) is 0. The Morgan fingerprint density at radius 2 is 1.79 bits per heavy atom. The third-order valence-electron chi connectivity index (χ3n) is 3.12. The van der Waals surface area contributed by atoms with Gasteiger partial charge >= 0.3 is 5.97 Å². The highest BCUT2D eigenvalue weighted by molar-refractivity contribution is 5.73. The van der Waals surface area contributed by atoms with Gasteiger partial charge in [0, 0.05) is 0 Å². The van der Waals surface area contributed by atoms with Crippen molar-refractivity contribution in [2.45, 2.75) is 63.7 Å². The van der Waals surface area contributed by atoms with Crippen LogP contribution in [0.4, 0.5) is 0 Å². The SMILES string of the molecule is CC1(C)OC[C@H]([C@@H](O)[C@@H]2OC(C)(C)O[C@H]2C(=O)O)O1. The van der Waals surface area contributed by atoms with Crippen molar-refractivity contribution in [3.05, 3.63) is 0 Å². The molecule has 19 heavy (non-hydrogen) atoms. The van der Waals surface area contributed by atoms with E-state index in [0.29, 0.717) is 0 Å². The summed E-state index contributed by atoms with van der Waals surface area (Å²) < 4.78 is 21.6. The van der Waals surface area contributed by atoms with Crippen LogP contribution in [0.5, 0.6) is 0 Å². The first-order valence-corrected chi connectivity index (χ1v) is 6.20. The number of aliphatic hydroxyl groups is 1. The molecule has 0 aliphatic carbocycles. The highest BCUT2D eigenvalue weighted by atomic mass is 16.8. The first-order valence-electron chi connectivity index (χ1n) is 6.20. The van der Waals surface area contributed by atoms with Gasteiger partial charge in [0.25, 0.3) is 0 Å². The fraction of sp³-hybridized carbons (Fsp3) is 0.917. The maximum atomic E-state index is 11.2. The summed E-state index contributed by atoms with van der Waals surface area (Å²) in [5.41, 5.74) is 0. The molecule has 2 heterocycles. The molecule has 0 saturated carbocycles. The average molecular weight is 276 g/mol. The number of aliphatic carboxylic acids is 1. The number of hydrogen-bond donors (Lipinski definition) is 2. The summed E-state index contributed by atoms with van der Waals surface area (Å²) in [5, 5.41) is 19.4. The Labute approximate surface area is 111 Å². The van der Waals surface area contributed by atoms with Crippen LogP contribution in [-0.2, 0) is 23.7 Å². The van der Waals surface area contributed by atoms with Crippen LogP contribution in [0.15, 0.2) is 0 Å². The largest absolute Gasteiger partial charge is 0.479 e. The van der Waals surface area contributed by atoms with E-state index in [4.69, 9.17) is 24.1 Å². The molecule has 2 N–H and O–H groups in total. The van der Waals surface area contributed by atoms with Crippen molar-refractivity contribution in [3.63, 3.8) is 0 Å². The summed E-state index contributed by atoms with van der Waals surface area (Å²) in [4.78, 5) is 11.2. The Morgan fingerprint density at radius 3 is 2.26 bits per heavy atom. The van der Waals surface area contributed by atoms with E-state index in [9.17, 15) is 9.90 Å². The molecule has 0 bridgehead atoms. The smallest absolute Gasteiger partial charge is 0.335 e. The van der Waals surface area contributed by atoms with Gasteiger partial charge in [0.15, 0.2) is 17.7 Å². The maximum Gasteiger partial charge on any atom is 0.335 e. The van der Waals surface area contributed by atoms with E-state index in [1.54, 1.807) is 27.7 Å². The third kappa shape index (κ3) is 3.06. The molecule has 2 aliphatic rings. The second-order valence-electron chi connectivity index (χ2n) is 5.72. The van der Waals surface area contributed by atoms with Crippen LogP contribution in [-0.4, -0.2) is 58.8 Å². The van der Waals surface area contributed by atoms with Crippen molar-refractivity contribution in [3.8, 4) is 0 Å². The Hall–Kier alpha value is -0.730. The van der Waals surface area contributed by atoms with Gasteiger partial charge in [-0.3, -0.25) is 0 Å². The maximum absolute atomic E-state index is 11.2. The van der Waals surface area contributed by atoms with Gasteiger partial charge in [-0.1, -0.05) is 0 Å². The van der Waals surface area contributed by atoms with Crippen molar-refractivity contribution < 1.29 is 34.0 Å². The van der Waals surface area contributed by atoms with Gasteiger partial charge in [0.2, 0.25) is 0 Å². The third-order valence-corrected chi connectivity index (χ3v) is 3.12. The summed E-state index contributed by atoms with van der Waals surface area (Å²) in [6, 6.07) is 0. The molecule has 7 heteroatoms. The molecule has 110 valence electrons. The summed E-state index contributed by atoms with van der Waals surface area (Å²) >= 11 is 0. The number of ether oxygens (including phenoxy) is 4. The van der Waals surface area contributed by atoms with Gasteiger partial charge in [0.1, 0.15) is 18.3 Å². The number of carboxylic acids is 1. The second kappa shape index (κ2) is 4.68. The van der Waals surface area contributed by atoms with Crippen LogP contribution in [0.25, 0.3) is 0 Å². The Kier molecular flexibility index (Phi) is 3.61. The Balaban J connectivity index is 2.09. The van der Waals surface area contributed by atoms with Gasteiger partial charge in [-0.2, -0.15) is 0 Å². The minimum Gasteiger partial charge on any atom is -0.479 e. The molecule has 0 unspecified atom stereocenters. The summed E-state index contributed by atoms with van der Waals surface area (Å²) in [6.07, 6.45) is -3.99. The number of hydrogen-bond acceptors (Lipinski definition) is 6. The second-order valence-corrected chi connectivity index (χ2v) is 5.72. The molecule has 0 aromatic heterocycles. The molecule has 0 aromatic rings. The van der Waals surface area contributed by atoms with Crippen molar-refractivity contribution in [2.75, 3.05) is 6.61 Å². The number of carboxylic acid groups (broad SMARTS) is 1. The lowest BCUT2D eigenvalue weighted by Crippen LogP contribution is -2.47. The van der Waals surface area contributed by atoms with E-state index >= 15 is 0 Å². The normalized spacial score (nSPS) is 38.3. The van der Waals surface area contributed by atoms with Crippen LogP contribution >= 0.6 is 0 Å². The average Bonchev–Trinajstić information content (AvgIpc) is 2.77. The topological polar surface area (TPSA) is 94.5 Å². The molecule has 7 nitrogen and oxygen atoms in total. The molecule has 2 aliphatic heterocycles. The summed E-state index contributed by atoms with van der Waals surface area (Å²) in [5.74, 6) is -3.02. The van der Waals surface area contributed by atoms with Gasteiger partial charge in [-0.15, -0.1) is 0 Å². The van der Waals surface area contributed by atoms with Crippen molar-refractivity contribution >= 4 is 5.97 Å². The standard InChI is InChI=1S/C12H20O7/c1-11(2)16-5-6(17-11)7(13)8-9(10(14)15)19-12(3,4)18-8/h6-9,13H,5H2,1-4H3,(H,14,15)/t6-,7-,8+,9-/m1/s1. The molecule has 0 radical (unpaired) electrons. The fourth-order valence-corrected chi connectivity index (χ4v) is 2.33. The molecule has 2 saturated heterocycles. The number of aliphatic hydroxyl groups excluding tert-OH is 1. The molecular formula is C12H20O7. The fourth-order valence-electron chi connectivity index (χ4n) is 2.33. The van der Waals surface area contributed by atoms with Crippen molar-refractivity contribution in [1.82, 2.24) is 0 Å². The van der Waals surface area contributed by atoms with Crippen LogP contribution < -0.4 is 0 Å². The predicted molar refractivity (Wildman–Crippen MR) is 62.4 cm³/mol. The van der Waals surface area contributed by atoms with Crippen LogP contribution in [0, 0.1) is 0 Å². The zero-order valence-electron chi connectivity index (χ0n) is 11.5. The first kappa shape index (κ1) is 14.7. The summed E-state index contributed by atoms with van der Waals surface area (Å²) in [6.45, 7) is 6.84. The lowest BCUT2D eigenvalue weighted by atomic mass is 10.0. The van der Waals surface area contributed by atoms with E-state index < -0.39 is 42.0 Å². The van der Waals surface area contributed by atoms with E-state index in [2.05, 4.69) is 0 Å². The van der Waals surface area contributed by atoms with Gasteiger partial charge in [-0.25, -0.2) is 4.79 Å². The number of rotatable bonds is 3. The van der Waals surface area contributed by atoms with Crippen LogP contribution in [0.2, 0.25) is 0 Å². The zero-order valence-corrected chi connectivity index (χ0v) is 11.5. The predicted octanol–water partition coefficient (Wildman–Crippen LogP) is 0.103. The van der Waals surface area contributed by atoms with E-state index in [0.717, 1.165) is 0 Å². The highest BCUT2D eigenvalue weighted by Crippen LogP contribution is 2.34. The lowest BCUT2D eigenvalue weighted by Gasteiger charge is -2.25. The van der Waals surface area contributed by atoms with E-state index in [1.807, 2.05) is 0 Å². The van der Waals surface area contributed by atoms with E-state index in [-0.39, 0.29) is 6.61 Å². The van der Waals surface area contributed by atoms with E-state index in [1.165, 1.54) is 0 Å². The molecule has 2 fully saturated rings. The Bertz CT molecular complexity index is 365. The molecule has 2 rings (SSSR count). The molecular weight excluding hydrogens is 256 g/mol. The molecule has 4 atom stereocenters. The minimum atomic E-state index is -1.22. The van der Waals surface area contributed by atoms with Gasteiger partial charge in [-0.05, 0) is 27.7 Å². The highest BCUT2D eigenvalue weighted by Gasteiger charge is 2.52. The van der Waals surface area contributed by atoms with Crippen LogP contribution in [0.3, 0.4) is 0 Å². The van der Waals surface area contributed by atoms with Gasteiger partial charge < -0.3 is 29.2 Å². The lowest BCUT2D eigenvalue weighted by molar-refractivity contribution is -0.179. The quantitative estimate of drug-likeness (QED) is 0.755. The first-order chi connectivity index (χ1) is 8.61. The van der Waals surface area contributed by atoms with Crippen molar-refractivity contribution in [1.29, 1.82) is 0 Å². The Morgan fingerprint density at radius 1 is 1.16 bits per heavy atom. The molecule has 0 aromatic carbocycles. The monoisotopic (exact) mass is 276 g/mol.